The van der Waals surface area contributed by atoms with Gasteiger partial charge in [0.05, 0.1) is 6.54 Å². The molecule has 0 fully saturated rings. The summed E-state index contributed by atoms with van der Waals surface area (Å²) in [5.41, 5.74) is 4.41. The van der Waals surface area contributed by atoms with Crippen molar-refractivity contribution in [3.8, 4) is 11.5 Å². The molecule has 3 rings (SSSR count). The average molecular weight is 340 g/mol. The molecule has 132 valence electrons. The number of amides is 1. The van der Waals surface area contributed by atoms with Crippen LogP contribution >= 0.6 is 0 Å². The number of aryl methyl sites for hydroxylation is 1. The number of rotatable bonds is 6. The second-order valence-electron chi connectivity index (χ2n) is 6.51. The first-order valence-electron chi connectivity index (χ1n) is 8.53. The van der Waals surface area contributed by atoms with E-state index in [0.717, 1.165) is 28.3 Å². The van der Waals surface area contributed by atoms with Crippen LogP contribution in [0.1, 0.15) is 36.5 Å². The van der Waals surface area contributed by atoms with Crippen LogP contribution in [-0.2, 0) is 11.3 Å². The Bertz CT molecular complexity index is 772. The van der Waals surface area contributed by atoms with Crippen molar-refractivity contribution in [2.24, 2.45) is 0 Å². The van der Waals surface area contributed by atoms with Gasteiger partial charge in [0.1, 0.15) is 0 Å². The Balaban J connectivity index is 1.55. The van der Waals surface area contributed by atoms with E-state index in [2.05, 4.69) is 49.6 Å². The highest BCUT2D eigenvalue weighted by atomic mass is 16.7. The minimum atomic E-state index is -0.0457. The first-order chi connectivity index (χ1) is 12.0. The smallest absolute Gasteiger partial charge is 0.239 e. The maximum atomic E-state index is 12.2. The van der Waals surface area contributed by atoms with Gasteiger partial charge in [-0.15, -0.1) is 0 Å². The van der Waals surface area contributed by atoms with E-state index >= 15 is 0 Å². The molecule has 2 aromatic rings. The molecule has 0 radical (unpaired) electrons. The first-order valence-corrected chi connectivity index (χ1v) is 8.53. The van der Waals surface area contributed by atoms with E-state index in [-0.39, 0.29) is 19.2 Å². The van der Waals surface area contributed by atoms with Crippen molar-refractivity contribution in [1.82, 2.24) is 5.32 Å². The van der Waals surface area contributed by atoms with Crippen molar-refractivity contribution in [3.05, 3.63) is 53.1 Å². The van der Waals surface area contributed by atoms with Crippen molar-refractivity contribution >= 4 is 11.6 Å². The molecule has 0 bridgehead atoms. The summed E-state index contributed by atoms with van der Waals surface area (Å²) in [5.74, 6) is 1.83. The van der Waals surface area contributed by atoms with Crippen molar-refractivity contribution in [3.63, 3.8) is 0 Å². The summed E-state index contributed by atoms with van der Waals surface area (Å²) in [4.78, 5) is 12.2. The monoisotopic (exact) mass is 340 g/mol. The predicted molar refractivity (Wildman–Crippen MR) is 98.2 cm³/mol. The Kier molecular flexibility index (Phi) is 5.12. The normalized spacial score (nSPS) is 12.3. The zero-order valence-electron chi connectivity index (χ0n) is 14.9. The zero-order chi connectivity index (χ0) is 17.8. The highest BCUT2D eigenvalue weighted by Gasteiger charge is 2.14. The summed E-state index contributed by atoms with van der Waals surface area (Å²) in [6, 6.07) is 11.9. The molecular weight excluding hydrogens is 316 g/mol. The molecule has 5 nitrogen and oxygen atoms in total. The number of hydrogen-bond donors (Lipinski definition) is 2. The second kappa shape index (κ2) is 7.47. The van der Waals surface area contributed by atoms with Crippen molar-refractivity contribution in [1.29, 1.82) is 0 Å². The number of carbonyl (C=O) groups is 1. The van der Waals surface area contributed by atoms with Gasteiger partial charge in [-0.3, -0.25) is 4.79 Å². The van der Waals surface area contributed by atoms with Crippen LogP contribution in [-0.4, -0.2) is 19.2 Å². The predicted octanol–water partition coefficient (Wildman–Crippen LogP) is 3.58. The molecule has 5 heteroatoms. The first kappa shape index (κ1) is 17.1. The summed E-state index contributed by atoms with van der Waals surface area (Å²) >= 11 is 0. The Labute approximate surface area is 148 Å². The van der Waals surface area contributed by atoms with Gasteiger partial charge in [-0.1, -0.05) is 38.1 Å². The standard InChI is InChI=1S/C20H24N2O3/c1-13(2)16-6-4-5-14(3)20(16)22-11-19(23)21-10-15-7-8-17-18(9-15)25-12-24-17/h4-9,13,22H,10-12H2,1-3H3,(H,21,23). The number of fused-ring (bicyclic) bond motifs is 1. The van der Waals surface area contributed by atoms with Crippen molar-refractivity contribution < 1.29 is 14.3 Å². The topological polar surface area (TPSA) is 59.6 Å². The molecule has 0 saturated heterocycles. The fourth-order valence-electron chi connectivity index (χ4n) is 2.90. The second-order valence-corrected chi connectivity index (χ2v) is 6.51. The van der Waals surface area contributed by atoms with Crippen LogP contribution in [0.15, 0.2) is 36.4 Å². The van der Waals surface area contributed by atoms with Crippen LogP contribution in [0.25, 0.3) is 0 Å². The number of carbonyl (C=O) groups excluding carboxylic acids is 1. The average Bonchev–Trinajstić information content (AvgIpc) is 3.06. The lowest BCUT2D eigenvalue weighted by Gasteiger charge is -2.17. The molecule has 0 unspecified atom stereocenters. The lowest BCUT2D eigenvalue weighted by atomic mass is 9.98. The van der Waals surface area contributed by atoms with E-state index in [4.69, 9.17) is 9.47 Å². The van der Waals surface area contributed by atoms with Gasteiger partial charge in [0.15, 0.2) is 11.5 Å². The van der Waals surface area contributed by atoms with Crippen molar-refractivity contribution in [2.45, 2.75) is 33.2 Å². The lowest BCUT2D eigenvalue weighted by molar-refractivity contribution is -0.119. The lowest BCUT2D eigenvalue weighted by Crippen LogP contribution is -2.29. The van der Waals surface area contributed by atoms with Gasteiger partial charge in [-0.05, 0) is 41.7 Å². The van der Waals surface area contributed by atoms with Crippen molar-refractivity contribution in [2.75, 3.05) is 18.7 Å². The number of anilines is 1. The molecule has 0 aromatic heterocycles. The van der Waals surface area contributed by atoms with Gasteiger partial charge in [-0.2, -0.15) is 0 Å². The van der Waals surface area contributed by atoms with Gasteiger partial charge >= 0.3 is 0 Å². The van der Waals surface area contributed by atoms with Crippen LogP contribution in [0.3, 0.4) is 0 Å². The zero-order valence-corrected chi connectivity index (χ0v) is 14.9. The largest absolute Gasteiger partial charge is 0.454 e. The maximum absolute atomic E-state index is 12.2. The molecule has 1 aliphatic rings. The number of hydrogen-bond acceptors (Lipinski definition) is 4. The van der Waals surface area contributed by atoms with E-state index < -0.39 is 0 Å². The Morgan fingerprint density at radius 1 is 1.16 bits per heavy atom. The Morgan fingerprint density at radius 3 is 2.76 bits per heavy atom. The Morgan fingerprint density at radius 2 is 1.96 bits per heavy atom. The van der Waals surface area contributed by atoms with Crippen LogP contribution in [0.2, 0.25) is 0 Å². The highest BCUT2D eigenvalue weighted by Crippen LogP contribution is 2.32. The van der Waals surface area contributed by atoms with Gasteiger partial charge < -0.3 is 20.1 Å². The maximum Gasteiger partial charge on any atom is 0.239 e. The fourth-order valence-corrected chi connectivity index (χ4v) is 2.90. The van der Waals surface area contributed by atoms with E-state index in [0.29, 0.717) is 12.5 Å². The SMILES string of the molecule is Cc1cccc(C(C)C)c1NCC(=O)NCc1ccc2c(c1)OCO2. The van der Waals surface area contributed by atoms with E-state index in [9.17, 15) is 4.79 Å². The quantitative estimate of drug-likeness (QED) is 0.844. The minimum absolute atomic E-state index is 0.0457. The number of benzene rings is 2. The van der Waals surface area contributed by atoms with Gasteiger partial charge in [0.2, 0.25) is 12.7 Å². The molecule has 0 aliphatic carbocycles. The number of para-hydroxylation sites is 1. The van der Waals surface area contributed by atoms with E-state index in [1.165, 1.54) is 5.56 Å². The summed E-state index contributed by atoms with van der Waals surface area (Å²) in [7, 11) is 0. The van der Waals surface area contributed by atoms with Crippen LogP contribution in [0.5, 0.6) is 11.5 Å². The molecule has 25 heavy (non-hydrogen) atoms. The van der Waals surface area contributed by atoms with E-state index in [1.54, 1.807) is 0 Å². The molecule has 0 atom stereocenters. The summed E-state index contributed by atoms with van der Waals surface area (Å²) < 4.78 is 10.6. The third-order valence-corrected chi connectivity index (χ3v) is 4.28. The Hall–Kier alpha value is -2.69. The van der Waals surface area contributed by atoms with Gasteiger partial charge in [0.25, 0.3) is 0 Å². The minimum Gasteiger partial charge on any atom is -0.454 e. The third kappa shape index (κ3) is 4.05. The molecule has 1 amide bonds. The molecule has 0 saturated carbocycles. The van der Waals surface area contributed by atoms with Gasteiger partial charge in [0, 0.05) is 12.2 Å². The number of nitrogens with one attached hydrogen (secondary N) is 2. The van der Waals surface area contributed by atoms with Gasteiger partial charge in [-0.25, -0.2) is 0 Å². The van der Waals surface area contributed by atoms with E-state index in [1.807, 2.05) is 18.2 Å². The number of ether oxygens (including phenoxy) is 2. The van der Waals surface area contributed by atoms with Crippen LogP contribution in [0, 0.1) is 6.92 Å². The molecule has 1 aliphatic heterocycles. The highest BCUT2D eigenvalue weighted by molar-refractivity contribution is 5.81. The molecule has 2 aromatic carbocycles. The van der Waals surface area contributed by atoms with Crippen LogP contribution in [0.4, 0.5) is 5.69 Å². The summed E-state index contributed by atoms with van der Waals surface area (Å²) in [6.45, 7) is 7.32. The molecule has 2 N–H and O–H groups in total. The third-order valence-electron chi connectivity index (χ3n) is 4.28. The molecular formula is C20H24N2O3. The summed E-state index contributed by atoms with van der Waals surface area (Å²) in [6.07, 6.45) is 0. The summed E-state index contributed by atoms with van der Waals surface area (Å²) in [5, 5.41) is 6.21. The van der Waals surface area contributed by atoms with Crippen LogP contribution < -0.4 is 20.1 Å². The molecule has 0 spiro atoms. The fraction of sp³-hybridized carbons (Fsp3) is 0.350. The molecule has 1 heterocycles.